The average Bonchev–Trinajstić information content (AvgIpc) is 3.17. The van der Waals surface area contributed by atoms with Crippen molar-refractivity contribution in [3.8, 4) is 23.0 Å². The second-order valence-electron chi connectivity index (χ2n) is 7.49. The van der Waals surface area contributed by atoms with Crippen LogP contribution in [0.15, 0.2) is 78.4 Å². The number of carbonyl (C=O) groups is 2. The molecule has 180 valence electrons. The standard InChI is InChI=1S/C27H26N2O6/c1-3-33-25-17-19(16-23-26(30)28-29(27(23)31)20-8-5-4-6-9-20)12-13-24(25)35-15-14-34-22-11-7-10-21(18-22)32-2/h4-13,16-18H,3,14-15H2,1-2H3,(H,28,30). The summed E-state index contributed by atoms with van der Waals surface area (Å²) in [6.07, 6.45) is 1.54. The van der Waals surface area contributed by atoms with E-state index in [9.17, 15) is 9.59 Å². The van der Waals surface area contributed by atoms with Crippen molar-refractivity contribution in [3.63, 3.8) is 0 Å². The Labute approximate surface area is 203 Å². The highest BCUT2D eigenvalue weighted by molar-refractivity contribution is 6.31. The summed E-state index contributed by atoms with van der Waals surface area (Å²) in [4.78, 5) is 25.3. The molecule has 8 nitrogen and oxygen atoms in total. The zero-order valence-corrected chi connectivity index (χ0v) is 19.5. The number of hydrogen-bond donors (Lipinski definition) is 1. The molecule has 4 rings (SSSR count). The predicted molar refractivity (Wildman–Crippen MR) is 132 cm³/mol. The Bertz CT molecular complexity index is 1230. The molecule has 0 bridgehead atoms. The summed E-state index contributed by atoms with van der Waals surface area (Å²) in [5.74, 6) is 1.56. The van der Waals surface area contributed by atoms with Crippen LogP contribution >= 0.6 is 0 Å². The second kappa shape index (κ2) is 11.1. The lowest BCUT2D eigenvalue weighted by Crippen LogP contribution is -2.35. The number of nitrogens with zero attached hydrogens (tertiary/aromatic N) is 1. The lowest BCUT2D eigenvalue weighted by molar-refractivity contribution is -0.117. The van der Waals surface area contributed by atoms with Gasteiger partial charge in [-0.1, -0.05) is 30.3 Å². The van der Waals surface area contributed by atoms with Gasteiger partial charge in [-0.25, -0.2) is 5.01 Å². The van der Waals surface area contributed by atoms with E-state index in [1.165, 1.54) is 5.01 Å². The summed E-state index contributed by atoms with van der Waals surface area (Å²) >= 11 is 0. The van der Waals surface area contributed by atoms with Gasteiger partial charge in [-0.3, -0.25) is 15.0 Å². The highest BCUT2D eigenvalue weighted by Gasteiger charge is 2.34. The van der Waals surface area contributed by atoms with Crippen LogP contribution in [0.3, 0.4) is 0 Å². The van der Waals surface area contributed by atoms with E-state index >= 15 is 0 Å². The smallest absolute Gasteiger partial charge is 0.282 e. The van der Waals surface area contributed by atoms with Crippen molar-refractivity contribution in [1.82, 2.24) is 5.43 Å². The van der Waals surface area contributed by atoms with Crippen molar-refractivity contribution < 1.29 is 28.5 Å². The lowest BCUT2D eigenvalue weighted by Gasteiger charge is -2.14. The fourth-order valence-electron chi connectivity index (χ4n) is 3.49. The van der Waals surface area contributed by atoms with Crippen LogP contribution in [0.1, 0.15) is 12.5 Å². The summed E-state index contributed by atoms with van der Waals surface area (Å²) in [6, 6.07) is 21.5. The Kier molecular flexibility index (Phi) is 7.52. The van der Waals surface area contributed by atoms with Crippen LogP contribution in [0.4, 0.5) is 5.69 Å². The lowest BCUT2D eigenvalue weighted by atomic mass is 10.1. The van der Waals surface area contributed by atoms with Gasteiger partial charge in [0.25, 0.3) is 11.8 Å². The molecule has 1 aliphatic rings. The van der Waals surface area contributed by atoms with Crippen LogP contribution in [-0.4, -0.2) is 38.7 Å². The minimum absolute atomic E-state index is 0.0386. The van der Waals surface area contributed by atoms with E-state index in [1.54, 1.807) is 61.7 Å². The normalized spacial score (nSPS) is 14.1. The molecule has 8 heteroatoms. The molecule has 0 unspecified atom stereocenters. The highest BCUT2D eigenvalue weighted by Crippen LogP contribution is 2.30. The van der Waals surface area contributed by atoms with E-state index < -0.39 is 11.8 Å². The zero-order valence-electron chi connectivity index (χ0n) is 19.5. The van der Waals surface area contributed by atoms with Crippen molar-refractivity contribution in [2.45, 2.75) is 6.92 Å². The molecule has 1 heterocycles. The summed E-state index contributed by atoms with van der Waals surface area (Å²) in [5.41, 5.74) is 3.86. The number of carbonyl (C=O) groups excluding carboxylic acids is 2. The fourth-order valence-corrected chi connectivity index (χ4v) is 3.49. The fraction of sp³-hybridized carbons (Fsp3) is 0.185. The van der Waals surface area contributed by atoms with E-state index in [0.29, 0.717) is 54.1 Å². The molecule has 0 atom stereocenters. The molecule has 0 saturated carbocycles. The molecule has 1 N–H and O–H groups in total. The monoisotopic (exact) mass is 474 g/mol. The summed E-state index contributed by atoms with van der Waals surface area (Å²) in [6.45, 7) is 2.92. The first kappa shape index (κ1) is 23.7. The van der Waals surface area contributed by atoms with E-state index in [1.807, 2.05) is 31.2 Å². The van der Waals surface area contributed by atoms with Crippen LogP contribution in [0.25, 0.3) is 6.08 Å². The second-order valence-corrected chi connectivity index (χ2v) is 7.49. The third kappa shape index (κ3) is 5.73. The molecule has 0 aromatic heterocycles. The third-order valence-corrected chi connectivity index (χ3v) is 5.14. The SMILES string of the molecule is CCOc1cc(C=C2C(=O)NN(c3ccccc3)C2=O)ccc1OCCOc1cccc(OC)c1. The van der Waals surface area contributed by atoms with Gasteiger partial charge in [0.1, 0.15) is 30.3 Å². The van der Waals surface area contributed by atoms with Crippen LogP contribution in [0.2, 0.25) is 0 Å². The highest BCUT2D eigenvalue weighted by atomic mass is 16.5. The summed E-state index contributed by atoms with van der Waals surface area (Å²) < 4.78 is 22.5. The van der Waals surface area contributed by atoms with Gasteiger partial charge in [0, 0.05) is 6.07 Å². The van der Waals surface area contributed by atoms with Crippen molar-refractivity contribution in [2.24, 2.45) is 0 Å². The average molecular weight is 475 g/mol. The van der Waals surface area contributed by atoms with Gasteiger partial charge < -0.3 is 18.9 Å². The van der Waals surface area contributed by atoms with Gasteiger partial charge in [0.15, 0.2) is 11.5 Å². The van der Waals surface area contributed by atoms with Crippen LogP contribution in [0.5, 0.6) is 23.0 Å². The van der Waals surface area contributed by atoms with Gasteiger partial charge in [-0.2, -0.15) is 0 Å². The van der Waals surface area contributed by atoms with Gasteiger partial charge >= 0.3 is 0 Å². The number of methoxy groups -OCH3 is 1. The Morgan fingerprint density at radius 2 is 1.60 bits per heavy atom. The molecular formula is C27H26N2O6. The number of hydrazine groups is 1. The van der Waals surface area contributed by atoms with Crippen molar-refractivity contribution in [3.05, 3.63) is 83.9 Å². The molecule has 0 aliphatic carbocycles. The molecule has 0 spiro atoms. The molecule has 0 radical (unpaired) electrons. The number of para-hydroxylation sites is 1. The van der Waals surface area contributed by atoms with Crippen LogP contribution in [0, 0.1) is 0 Å². The van der Waals surface area contributed by atoms with Gasteiger partial charge in [0.05, 0.1) is 19.4 Å². The molecule has 1 fully saturated rings. The van der Waals surface area contributed by atoms with Crippen molar-refractivity contribution >= 4 is 23.6 Å². The maximum absolute atomic E-state index is 12.8. The van der Waals surface area contributed by atoms with Crippen LogP contribution < -0.4 is 29.4 Å². The maximum atomic E-state index is 12.8. The number of rotatable bonds is 10. The summed E-state index contributed by atoms with van der Waals surface area (Å²) in [7, 11) is 1.60. The first-order chi connectivity index (χ1) is 17.1. The summed E-state index contributed by atoms with van der Waals surface area (Å²) in [5, 5.41) is 1.23. The number of ether oxygens (including phenoxy) is 4. The minimum atomic E-state index is -0.466. The first-order valence-electron chi connectivity index (χ1n) is 11.2. The van der Waals surface area contributed by atoms with Crippen LogP contribution in [-0.2, 0) is 9.59 Å². The van der Waals surface area contributed by atoms with Crippen molar-refractivity contribution in [2.75, 3.05) is 31.9 Å². The quantitative estimate of drug-likeness (QED) is 0.271. The van der Waals surface area contributed by atoms with Gasteiger partial charge in [0.2, 0.25) is 0 Å². The van der Waals surface area contributed by atoms with Gasteiger partial charge in [-0.05, 0) is 55.0 Å². The van der Waals surface area contributed by atoms with E-state index in [4.69, 9.17) is 18.9 Å². The molecule has 3 aromatic carbocycles. The first-order valence-corrected chi connectivity index (χ1v) is 11.2. The molecule has 2 amide bonds. The molecule has 1 aliphatic heterocycles. The third-order valence-electron chi connectivity index (χ3n) is 5.14. The Morgan fingerprint density at radius 1 is 0.829 bits per heavy atom. The van der Waals surface area contributed by atoms with Crippen molar-refractivity contribution in [1.29, 1.82) is 0 Å². The number of amides is 2. The Morgan fingerprint density at radius 3 is 2.37 bits per heavy atom. The molecule has 1 saturated heterocycles. The Hall–Kier alpha value is -4.46. The van der Waals surface area contributed by atoms with Gasteiger partial charge in [-0.15, -0.1) is 0 Å². The Balaban J connectivity index is 1.43. The van der Waals surface area contributed by atoms with E-state index in [0.717, 1.165) is 0 Å². The largest absolute Gasteiger partial charge is 0.497 e. The number of hydrogen-bond acceptors (Lipinski definition) is 6. The number of anilines is 1. The molecule has 35 heavy (non-hydrogen) atoms. The predicted octanol–water partition coefficient (Wildman–Crippen LogP) is 4.01. The number of benzene rings is 3. The minimum Gasteiger partial charge on any atom is -0.497 e. The molecular weight excluding hydrogens is 448 g/mol. The molecule has 3 aromatic rings. The van der Waals surface area contributed by atoms with E-state index in [2.05, 4.69) is 5.43 Å². The topological polar surface area (TPSA) is 86.3 Å². The maximum Gasteiger partial charge on any atom is 0.282 e. The zero-order chi connectivity index (χ0) is 24.6. The van der Waals surface area contributed by atoms with E-state index in [-0.39, 0.29) is 5.57 Å². The number of nitrogens with one attached hydrogen (secondary N) is 1.